The van der Waals surface area contributed by atoms with Crippen LogP contribution in [-0.4, -0.2) is 45.9 Å². The Morgan fingerprint density at radius 3 is 2.54 bits per heavy atom. The van der Waals surface area contributed by atoms with E-state index in [0.29, 0.717) is 12.2 Å². The second kappa shape index (κ2) is 7.76. The molecule has 2 rings (SSSR count). The van der Waals surface area contributed by atoms with Gasteiger partial charge in [0.25, 0.3) is 5.91 Å². The van der Waals surface area contributed by atoms with E-state index in [9.17, 15) is 22.8 Å². The van der Waals surface area contributed by atoms with E-state index >= 15 is 0 Å². The Hall–Kier alpha value is -2.58. The third-order valence-corrected chi connectivity index (χ3v) is 3.88. The molecule has 0 spiro atoms. The summed E-state index contributed by atoms with van der Waals surface area (Å²) in [7, 11) is 0. The van der Waals surface area contributed by atoms with Gasteiger partial charge in [0.15, 0.2) is 0 Å². The Morgan fingerprint density at radius 2 is 1.96 bits per heavy atom. The molecule has 2 aromatic rings. The second-order valence-corrected chi connectivity index (χ2v) is 5.63. The van der Waals surface area contributed by atoms with Crippen LogP contribution in [0, 0.1) is 6.92 Å². The third-order valence-electron chi connectivity index (χ3n) is 3.88. The van der Waals surface area contributed by atoms with E-state index in [0.717, 1.165) is 16.7 Å². The van der Waals surface area contributed by atoms with Gasteiger partial charge in [0.2, 0.25) is 0 Å². The van der Waals surface area contributed by atoms with Gasteiger partial charge >= 0.3 is 12.1 Å². The summed E-state index contributed by atoms with van der Waals surface area (Å²) < 4.78 is 44.9. The fourth-order valence-electron chi connectivity index (χ4n) is 2.60. The van der Waals surface area contributed by atoms with E-state index in [2.05, 4.69) is 4.98 Å². The van der Waals surface area contributed by atoms with Crippen molar-refractivity contribution in [1.29, 1.82) is 0 Å². The lowest BCUT2D eigenvalue weighted by Gasteiger charge is -2.20. The summed E-state index contributed by atoms with van der Waals surface area (Å²) in [6, 6.07) is 2.15. The number of hydrogen-bond donors (Lipinski definition) is 0. The molecular formula is C17H20F3N3O3. The van der Waals surface area contributed by atoms with Crippen molar-refractivity contribution in [3.8, 4) is 0 Å². The van der Waals surface area contributed by atoms with E-state index in [1.54, 1.807) is 20.8 Å². The maximum atomic E-state index is 13.0. The summed E-state index contributed by atoms with van der Waals surface area (Å²) in [6.07, 6.45) is -3.65. The van der Waals surface area contributed by atoms with E-state index in [-0.39, 0.29) is 30.9 Å². The average Bonchev–Trinajstić information content (AvgIpc) is 2.89. The highest BCUT2D eigenvalue weighted by Crippen LogP contribution is 2.30. The van der Waals surface area contributed by atoms with Crippen molar-refractivity contribution in [2.24, 2.45) is 0 Å². The summed E-state index contributed by atoms with van der Waals surface area (Å²) in [5, 5.41) is 0. The average molecular weight is 371 g/mol. The Labute approximate surface area is 148 Å². The molecule has 0 aromatic carbocycles. The second-order valence-electron chi connectivity index (χ2n) is 5.63. The normalized spacial score (nSPS) is 11.6. The van der Waals surface area contributed by atoms with Crippen LogP contribution < -0.4 is 0 Å². The van der Waals surface area contributed by atoms with Gasteiger partial charge < -0.3 is 9.64 Å². The molecule has 0 aliphatic rings. The van der Waals surface area contributed by atoms with E-state index in [1.807, 2.05) is 0 Å². The first-order valence-corrected chi connectivity index (χ1v) is 8.19. The molecule has 0 bridgehead atoms. The van der Waals surface area contributed by atoms with Crippen molar-refractivity contribution in [3.63, 3.8) is 0 Å². The monoisotopic (exact) mass is 371 g/mol. The van der Waals surface area contributed by atoms with Gasteiger partial charge in [0.1, 0.15) is 11.3 Å². The molecule has 26 heavy (non-hydrogen) atoms. The van der Waals surface area contributed by atoms with Gasteiger partial charge in [-0.3, -0.25) is 14.0 Å². The van der Waals surface area contributed by atoms with Crippen molar-refractivity contribution >= 4 is 17.5 Å². The number of carbonyl (C=O) groups excluding carboxylic acids is 2. The van der Waals surface area contributed by atoms with Crippen molar-refractivity contribution in [1.82, 2.24) is 14.3 Å². The van der Waals surface area contributed by atoms with Crippen molar-refractivity contribution in [3.05, 3.63) is 35.3 Å². The van der Waals surface area contributed by atoms with Gasteiger partial charge in [-0.1, -0.05) is 0 Å². The first-order chi connectivity index (χ1) is 12.2. The molecule has 0 unspecified atom stereocenters. The lowest BCUT2D eigenvalue weighted by molar-refractivity contribution is -0.143. The molecule has 0 N–H and O–H groups in total. The number of fused-ring (bicyclic) bond motifs is 1. The molecule has 0 saturated heterocycles. The Balaban J connectivity index is 2.35. The van der Waals surface area contributed by atoms with E-state index in [1.165, 1.54) is 11.0 Å². The van der Waals surface area contributed by atoms with Crippen LogP contribution in [0.1, 0.15) is 42.0 Å². The fraction of sp³-hybridized carbons (Fsp3) is 0.471. The van der Waals surface area contributed by atoms with Crippen LogP contribution >= 0.6 is 0 Å². The van der Waals surface area contributed by atoms with Gasteiger partial charge in [0, 0.05) is 19.3 Å². The molecule has 6 nitrogen and oxygen atoms in total. The highest BCUT2D eigenvalue weighted by atomic mass is 19.4. The topological polar surface area (TPSA) is 63.9 Å². The number of aromatic nitrogens is 2. The van der Waals surface area contributed by atoms with Crippen molar-refractivity contribution < 1.29 is 27.5 Å². The van der Waals surface area contributed by atoms with Gasteiger partial charge in [0.05, 0.1) is 24.3 Å². The number of carbonyl (C=O) groups is 2. The molecule has 1 amide bonds. The predicted molar refractivity (Wildman–Crippen MR) is 87.8 cm³/mol. The zero-order chi connectivity index (χ0) is 19.5. The number of alkyl halides is 3. The predicted octanol–water partition coefficient (Wildman–Crippen LogP) is 3.08. The summed E-state index contributed by atoms with van der Waals surface area (Å²) >= 11 is 0. The minimum Gasteiger partial charge on any atom is -0.466 e. The number of hydrogen-bond acceptors (Lipinski definition) is 4. The SMILES string of the molecule is CCOC(=O)CCN(CC)C(=O)c1c(C)nc2ccc(C(F)(F)F)cn12. The Kier molecular flexibility index (Phi) is 5.89. The molecule has 2 heterocycles. The molecule has 142 valence electrons. The fourth-order valence-corrected chi connectivity index (χ4v) is 2.60. The van der Waals surface area contributed by atoms with Crippen LogP contribution in [0.15, 0.2) is 18.3 Å². The van der Waals surface area contributed by atoms with Gasteiger partial charge in [-0.2, -0.15) is 13.2 Å². The number of aryl methyl sites for hydroxylation is 1. The molecule has 0 fully saturated rings. The van der Waals surface area contributed by atoms with Crippen LogP contribution in [0.2, 0.25) is 0 Å². The smallest absolute Gasteiger partial charge is 0.417 e. The maximum absolute atomic E-state index is 13.0. The number of ether oxygens (including phenoxy) is 1. The van der Waals surface area contributed by atoms with Gasteiger partial charge in [-0.15, -0.1) is 0 Å². The highest BCUT2D eigenvalue weighted by Gasteiger charge is 2.32. The molecule has 0 saturated carbocycles. The summed E-state index contributed by atoms with van der Waals surface area (Å²) in [4.78, 5) is 29.9. The number of amides is 1. The van der Waals surface area contributed by atoms with Crippen LogP contribution in [0.5, 0.6) is 0 Å². The number of nitrogens with zero attached hydrogens (tertiary/aromatic N) is 3. The number of halogens is 3. The summed E-state index contributed by atoms with van der Waals surface area (Å²) in [5.41, 5.74) is -0.243. The standard InChI is InChI=1S/C17H20F3N3O3/c1-4-22(9-8-14(24)26-5-2)16(25)15-11(3)21-13-7-6-12(10-23(13)15)17(18,19)20/h6-7,10H,4-5,8-9H2,1-3H3. The zero-order valence-corrected chi connectivity index (χ0v) is 14.8. The minimum absolute atomic E-state index is 0.0109. The number of rotatable bonds is 6. The third kappa shape index (κ3) is 4.14. The van der Waals surface area contributed by atoms with Crippen LogP contribution in [0.25, 0.3) is 5.65 Å². The minimum atomic E-state index is -4.53. The Bertz CT molecular complexity index is 815. The molecule has 0 radical (unpaired) electrons. The molecule has 0 aliphatic heterocycles. The van der Waals surface area contributed by atoms with E-state index < -0.39 is 23.6 Å². The van der Waals surface area contributed by atoms with Crippen LogP contribution in [-0.2, 0) is 15.7 Å². The van der Waals surface area contributed by atoms with Gasteiger partial charge in [-0.05, 0) is 32.9 Å². The molecule has 2 aromatic heterocycles. The molecule has 9 heteroatoms. The largest absolute Gasteiger partial charge is 0.466 e. The van der Waals surface area contributed by atoms with Crippen molar-refractivity contribution in [2.45, 2.75) is 33.4 Å². The van der Waals surface area contributed by atoms with Crippen molar-refractivity contribution in [2.75, 3.05) is 19.7 Å². The molecule has 0 aliphatic carbocycles. The van der Waals surface area contributed by atoms with E-state index in [4.69, 9.17) is 4.74 Å². The zero-order valence-electron chi connectivity index (χ0n) is 14.8. The quantitative estimate of drug-likeness (QED) is 0.732. The lowest BCUT2D eigenvalue weighted by atomic mass is 10.2. The van der Waals surface area contributed by atoms with Crippen LogP contribution in [0.3, 0.4) is 0 Å². The van der Waals surface area contributed by atoms with Crippen LogP contribution in [0.4, 0.5) is 13.2 Å². The first-order valence-electron chi connectivity index (χ1n) is 8.19. The molecular weight excluding hydrogens is 351 g/mol. The number of imidazole rings is 1. The lowest BCUT2D eigenvalue weighted by Crippen LogP contribution is -2.34. The summed E-state index contributed by atoms with van der Waals surface area (Å²) in [6.45, 7) is 5.62. The molecule has 0 atom stereocenters. The van der Waals surface area contributed by atoms with Gasteiger partial charge in [-0.25, -0.2) is 4.98 Å². The highest BCUT2D eigenvalue weighted by molar-refractivity contribution is 5.95. The maximum Gasteiger partial charge on any atom is 0.417 e. The Morgan fingerprint density at radius 1 is 1.27 bits per heavy atom. The summed E-state index contributed by atoms with van der Waals surface area (Å²) in [5.74, 6) is -0.922. The first kappa shape index (κ1) is 19.7. The number of esters is 1. The number of pyridine rings is 1.